The number of carbonyl (C=O) groups is 1. The van der Waals surface area contributed by atoms with Crippen molar-refractivity contribution in [3.63, 3.8) is 0 Å². The third kappa shape index (κ3) is 3.03. The molecule has 106 valence electrons. The van der Waals surface area contributed by atoms with Gasteiger partial charge in [-0.05, 0) is 38.4 Å². The molecule has 0 aliphatic heterocycles. The number of nitrogens with one attached hydrogen (secondary N) is 1. The molecule has 0 saturated heterocycles. The maximum absolute atomic E-state index is 12.3. The Hall–Kier alpha value is -2.21. The van der Waals surface area contributed by atoms with Crippen LogP contribution in [0.4, 0.5) is 5.69 Å². The Labute approximate surface area is 118 Å². The quantitative estimate of drug-likeness (QED) is 0.864. The molecule has 0 spiro atoms. The topological polar surface area (TPSA) is 85.8 Å². The van der Waals surface area contributed by atoms with E-state index in [0.29, 0.717) is 17.8 Å². The number of hydrogen-bond acceptors (Lipinski definition) is 4. The Morgan fingerprint density at radius 2 is 2.20 bits per heavy atom. The number of nitrogens with zero attached hydrogens (tertiary/aromatic N) is 3. The normalized spacial score (nSPS) is 10.6. The summed E-state index contributed by atoms with van der Waals surface area (Å²) in [5.41, 5.74) is 8.59. The van der Waals surface area contributed by atoms with Gasteiger partial charge in [0.1, 0.15) is 0 Å². The number of carbonyl (C=O) groups excluding carboxylic acids is 1. The van der Waals surface area contributed by atoms with Crippen LogP contribution in [0, 0.1) is 13.8 Å². The molecule has 0 bridgehead atoms. The second-order valence-electron chi connectivity index (χ2n) is 4.65. The van der Waals surface area contributed by atoms with Crippen molar-refractivity contribution in [1.29, 1.82) is 0 Å². The molecule has 0 saturated carbocycles. The van der Waals surface area contributed by atoms with E-state index in [1.807, 2.05) is 19.9 Å². The predicted octanol–water partition coefficient (Wildman–Crippen LogP) is 1.50. The summed E-state index contributed by atoms with van der Waals surface area (Å²) in [5, 5.41) is 7.08. The van der Waals surface area contributed by atoms with Crippen LogP contribution in [0.2, 0.25) is 0 Å². The van der Waals surface area contributed by atoms with Crippen molar-refractivity contribution in [2.24, 2.45) is 5.73 Å². The van der Waals surface area contributed by atoms with E-state index >= 15 is 0 Å². The van der Waals surface area contributed by atoms with Gasteiger partial charge in [0.05, 0.1) is 23.6 Å². The number of pyridine rings is 1. The van der Waals surface area contributed by atoms with Crippen LogP contribution in [0.25, 0.3) is 0 Å². The first kappa shape index (κ1) is 14.2. The Morgan fingerprint density at radius 1 is 1.40 bits per heavy atom. The Balaban J connectivity index is 2.14. The lowest BCUT2D eigenvalue weighted by molar-refractivity contribution is 0.102. The van der Waals surface area contributed by atoms with Gasteiger partial charge < -0.3 is 11.1 Å². The molecule has 0 aromatic carbocycles. The highest BCUT2D eigenvalue weighted by atomic mass is 16.1. The molecule has 2 rings (SSSR count). The molecule has 6 heteroatoms. The van der Waals surface area contributed by atoms with Gasteiger partial charge in [-0.1, -0.05) is 0 Å². The molecular formula is C14H19N5O. The minimum Gasteiger partial charge on any atom is -0.330 e. The summed E-state index contributed by atoms with van der Waals surface area (Å²) in [6.45, 7) is 5.14. The van der Waals surface area contributed by atoms with Crippen molar-refractivity contribution in [1.82, 2.24) is 14.8 Å². The van der Waals surface area contributed by atoms with Crippen molar-refractivity contribution in [2.75, 3.05) is 11.9 Å². The van der Waals surface area contributed by atoms with Crippen LogP contribution in [0.3, 0.4) is 0 Å². The van der Waals surface area contributed by atoms with Gasteiger partial charge >= 0.3 is 0 Å². The Kier molecular flexibility index (Phi) is 4.47. The summed E-state index contributed by atoms with van der Waals surface area (Å²) in [6.07, 6.45) is 5.76. The highest BCUT2D eigenvalue weighted by Crippen LogP contribution is 2.15. The lowest BCUT2D eigenvalue weighted by Gasteiger charge is -2.07. The lowest BCUT2D eigenvalue weighted by atomic mass is 10.2. The minimum absolute atomic E-state index is 0.169. The summed E-state index contributed by atoms with van der Waals surface area (Å²) < 4.78 is 1.80. The molecule has 2 aromatic heterocycles. The number of anilines is 1. The van der Waals surface area contributed by atoms with Gasteiger partial charge in [-0.2, -0.15) is 5.10 Å². The third-order valence-electron chi connectivity index (χ3n) is 3.21. The SMILES string of the molecule is Cc1ccncc1NC(=O)c1cnn(CCCN)c1C. The third-order valence-corrected chi connectivity index (χ3v) is 3.21. The van der Waals surface area contributed by atoms with E-state index < -0.39 is 0 Å². The molecule has 2 heterocycles. The van der Waals surface area contributed by atoms with Crippen LogP contribution < -0.4 is 11.1 Å². The van der Waals surface area contributed by atoms with Crippen LogP contribution >= 0.6 is 0 Å². The molecule has 0 aliphatic rings. The second kappa shape index (κ2) is 6.29. The summed E-state index contributed by atoms with van der Waals surface area (Å²) >= 11 is 0. The van der Waals surface area contributed by atoms with E-state index in [-0.39, 0.29) is 5.91 Å². The highest BCUT2D eigenvalue weighted by Gasteiger charge is 2.14. The molecule has 0 fully saturated rings. The Bertz CT molecular complexity index is 605. The van der Waals surface area contributed by atoms with Crippen molar-refractivity contribution in [3.05, 3.63) is 41.5 Å². The molecule has 3 N–H and O–H groups in total. The second-order valence-corrected chi connectivity index (χ2v) is 4.65. The highest BCUT2D eigenvalue weighted by molar-refractivity contribution is 6.05. The van der Waals surface area contributed by atoms with Crippen LogP contribution in [0.15, 0.2) is 24.7 Å². The zero-order valence-corrected chi connectivity index (χ0v) is 11.8. The summed E-state index contributed by atoms with van der Waals surface area (Å²) in [4.78, 5) is 16.3. The van der Waals surface area contributed by atoms with Crippen molar-refractivity contribution < 1.29 is 4.79 Å². The van der Waals surface area contributed by atoms with E-state index in [4.69, 9.17) is 5.73 Å². The van der Waals surface area contributed by atoms with Crippen LogP contribution in [0.1, 0.15) is 28.0 Å². The van der Waals surface area contributed by atoms with E-state index in [2.05, 4.69) is 15.4 Å². The molecule has 20 heavy (non-hydrogen) atoms. The number of hydrogen-bond donors (Lipinski definition) is 2. The predicted molar refractivity (Wildman–Crippen MR) is 77.6 cm³/mol. The molecular weight excluding hydrogens is 254 g/mol. The van der Waals surface area contributed by atoms with Crippen molar-refractivity contribution in [2.45, 2.75) is 26.8 Å². The zero-order chi connectivity index (χ0) is 14.5. The van der Waals surface area contributed by atoms with Gasteiger partial charge in [-0.25, -0.2) is 0 Å². The fourth-order valence-corrected chi connectivity index (χ4v) is 1.92. The number of aromatic nitrogens is 3. The average molecular weight is 273 g/mol. The zero-order valence-electron chi connectivity index (χ0n) is 11.8. The van der Waals surface area contributed by atoms with E-state index in [0.717, 1.165) is 24.2 Å². The lowest BCUT2D eigenvalue weighted by Crippen LogP contribution is -2.14. The number of aryl methyl sites for hydroxylation is 2. The molecule has 2 aromatic rings. The fraction of sp³-hybridized carbons (Fsp3) is 0.357. The van der Waals surface area contributed by atoms with Gasteiger partial charge in [0.25, 0.3) is 5.91 Å². The first-order valence-electron chi connectivity index (χ1n) is 6.58. The Morgan fingerprint density at radius 3 is 2.90 bits per heavy atom. The van der Waals surface area contributed by atoms with Gasteiger partial charge in [0.15, 0.2) is 0 Å². The monoisotopic (exact) mass is 273 g/mol. The molecule has 0 aliphatic carbocycles. The maximum Gasteiger partial charge on any atom is 0.259 e. The smallest absolute Gasteiger partial charge is 0.259 e. The van der Waals surface area contributed by atoms with E-state index in [1.54, 1.807) is 23.3 Å². The molecule has 0 atom stereocenters. The van der Waals surface area contributed by atoms with Gasteiger partial charge in [-0.3, -0.25) is 14.5 Å². The van der Waals surface area contributed by atoms with Crippen molar-refractivity contribution >= 4 is 11.6 Å². The number of rotatable bonds is 5. The van der Waals surface area contributed by atoms with E-state index in [1.165, 1.54) is 0 Å². The van der Waals surface area contributed by atoms with Gasteiger partial charge in [-0.15, -0.1) is 0 Å². The number of amides is 1. The fourth-order valence-electron chi connectivity index (χ4n) is 1.92. The van der Waals surface area contributed by atoms with Gasteiger partial charge in [0.2, 0.25) is 0 Å². The van der Waals surface area contributed by atoms with Crippen LogP contribution in [-0.4, -0.2) is 27.2 Å². The maximum atomic E-state index is 12.3. The van der Waals surface area contributed by atoms with Crippen LogP contribution in [-0.2, 0) is 6.54 Å². The molecule has 1 amide bonds. The number of nitrogens with two attached hydrogens (primary N) is 1. The minimum atomic E-state index is -0.169. The first-order valence-corrected chi connectivity index (χ1v) is 6.58. The first-order chi connectivity index (χ1) is 9.63. The van der Waals surface area contributed by atoms with Crippen LogP contribution in [0.5, 0.6) is 0 Å². The van der Waals surface area contributed by atoms with E-state index in [9.17, 15) is 4.79 Å². The van der Waals surface area contributed by atoms with Gasteiger partial charge in [0, 0.05) is 18.4 Å². The summed E-state index contributed by atoms with van der Waals surface area (Å²) in [6, 6.07) is 1.85. The average Bonchev–Trinajstić information content (AvgIpc) is 2.80. The van der Waals surface area contributed by atoms with Crippen molar-refractivity contribution in [3.8, 4) is 0 Å². The standard InChI is InChI=1S/C14H19N5O/c1-10-4-6-16-9-13(10)18-14(20)12-8-17-19(11(12)2)7-3-5-15/h4,6,8-9H,3,5,7,15H2,1-2H3,(H,18,20). The largest absolute Gasteiger partial charge is 0.330 e. The molecule has 0 radical (unpaired) electrons. The molecule has 6 nitrogen and oxygen atoms in total. The molecule has 0 unspecified atom stereocenters. The summed E-state index contributed by atoms with van der Waals surface area (Å²) in [7, 11) is 0. The summed E-state index contributed by atoms with van der Waals surface area (Å²) in [5.74, 6) is -0.169.